The van der Waals surface area contributed by atoms with Gasteiger partial charge in [0.2, 0.25) is 5.91 Å². The van der Waals surface area contributed by atoms with Crippen LogP contribution in [-0.4, -0.2) is 38.5 Å². The smallest absolute Gasteiger partial charge is 0.236 e. The van der Waals surface area contributed by atoms with Crippen LogP contribution in [0.5, 0.6) is 5.75 Å². The zero-order chi connectivity index (χ0) is 24.8. The maximum atomic E-state index is 12.6. The van der Waals surface area contributed by atoms with Crippen molar-refractivity contribution in [1.29, 1.82) is 0 Å². The van der Waals surface area contributed by atoms with Crippen LogP contribution in [0.2, 0.25) is 5.02 Å². The predicted molar refractivity (Wildman–Crippen MR) is 143 cm³/mol. The lowest BCUT2D eigenvalue weighted by Gasteiger charge is -2.08. The van der Waals surface area contributed by atoms with Crippen LogP contribution in [0.1, 0.15) is 16.0 Å². The zero-order valence-electron chi connectivity index (χ0n) is 19.3. The summed E-state index contributed by atoms with van der Waals surface area (Å²) in [6, 6.07) is 13.6. The van der Waals surface area contributed by atoms with E-state index < -0.39 is 0 Å². The first kappa shape index (κ1) is 25.0. The monoisotopic (exact) mass is 525 g/mol. The lowest BCUT2D eigenvalue weighted by atomic mass is 10.1. The van der Waals surface area contributed by atoms with Gasteiger partial charge in [0.05, 0.1) is 12.9 Å². The summed E-state index contributed by atoms with van der Waals surface area (Å²) in [6.07, 6.45) is 4.27. The third kappa shape index (κ3) is 6.30. The first-order valence-corrected chi connectivity index (χ1v) is 13.0. The summed E-state index contributed by atoms with van der Waals surface area (Å²) in [5, 5.41) is 13.4. The van der Waals surface area contributed by atoms with Crippen LogP contribution >= 0.6 is 34.7 Å². The minimum Gasteiger partial charge on any atom is -0.497 e. The van der Waals surface area contributed by atoms with Crippen LogP contribution in [-0.2, 0) is 17.8 Å². The molecular weight excluding hydrogens is 502 g/mol. The van der Waals surface area contributed by atoms with Gasteiger partial charge in [0.25, 0.3) is 0 Å². The zero-order valence-corrected chi connectivity index (χ0v) is 21.7. The number of amides is 1. The van der Waals surface area contributed by atoms with Crippen molar-refractivity contribution in [3.05, 3.63) is 82.3 Å². The Morgan fingerprint density at radius 1 is 1.26 bits per heavy atom. The number of nitrogens with one attached hydrogen (secondary N) is 1. The summed E-state index contributed by atoms with van der Waals surface area (Å²) in [4.78, 5) is 18.0. The Kier molecular flexibility index (Phi) is 8.22. The number of allylic oxidation sites excluding steroid dienone is 1. The van der Waals surface area contributed by atoms with E-state index >= 15 is 0 Å². The molecule has 180 valence electrons. The highest BCUT2D eigenvalue weighted by molar-refractivity contribution is 7.99. The van der Waals surface area contributed by atoms with E-state index in [0.29, 0.717) is 29.1 Å². The van der Waals surface area contributed by atoms with Crippen LogP contribution in [0.25, 0.3) is 11.4 Å². The standard InChI is InChI=1S/C25H24ClN5O2S2/c1-4-11-31-23(18-7-9-19(33-3)10-8-18)29-30-25(31)34-15-22(32)28-24-27-14-20(35-24)12-17-6-5-16(2)21(26)13-17/h4-10,13-14H,1,11-12,15H2,2-3H3,(H,27,28,32). The van der Waals surface area contributed by atoms with Gasteiger partial charge in [-0.15, -0.1) is 28.1 Å². The Balaban J connectivity index is 1.37. The number of methoxy groups -OCH3 is 1. The van der Waals surface area contributed by atoms with Gasteiger partial charge in [-0.05, 0) is 48.4 Å². The fraction of sp³-hybridized carbons (Fsp3) is 0.200. The van der Waals surface area contributed by atoms with Gasteiger partial charge in [-0.1, -0.05) is 41.6 Å². The number of thiazole rings is 1. The highest BCUT2D eigenvalue weighted by atomic mass is 35.5. The number of nitrogens with zero attached hydrogens (tertiary/aromatic N) is 4. The first-order valence-electron chi connectivity index (χ1n) is 10.8. The van der Waals surface area contributed by atoms with Crippen LogP contribution in [0.4, 0.5) is 5.13 Å². The van der Waals surface area contributed by atoms with Gasteiger partial charge >= 0.3 is 0 Å². The van der Waals surface area contributed by atoms with Gasteiger partial charge in [-0.2, -0.15) is 0 Å². The lowest BCUT2D eigenvalue weighted by Crippen LogP contribution is -2.14. The van der Waals surface area contributed by atoms with E-state index in [-0.39, 0.29) is 11.7 Å². The van der Waals surface area contributed by atoms with Crippen molar-refractivity contribution in [1.82, 2.24) is 19.7 Å². The van der Waals surface area contributed by atoms with Gasteiger partial charge < -0.3 is 10.1 Å². The topological polar surface area (TPSA) is 81.9 Å². The maximum Gasteiger partial charge on any atom is 0.236 e. The molecule has 0 saturated heterocycles. The molecule has 0 aliphatic heterocycles. The molecule has 0 fully saturated rings. The molecular formula is C25H24ClN5O2S2. The van der Waals surface area contributed by atoms with Gasteiger partial charge in [0.1, 0.15) is 5.75 Å². The van der Waals surface area contributed by atoms with Crippen molar-refractivity contribution in [2.45, 2.75) is 25.0 Å². The molecule has 1 N–H and O–H groups in total. The number of anilines is 1. The molecule has 2 aromatic heterocycles. The number of aryl methyl sites for hydroxylation is 1. The quantitative estimate of drug-likeness (QED) is 0.206. The molecule has 0 unspecified atom stereocenters. The van der Waals surface area contributed by atoms with Crippen LogP contribution in [0.3, 0.4) is 0 Å². The summed E-state index contributed by atoms with van der Waals surface area (Å²) < 4.78 is 7.16. The molecule has 0 aliphatic rings. The van der Waals surface area contributed by atoms with E-state index in [4.69, 9.17) is 16.3 Å². The molecule has 0 saturated carbocycles. The van der Waals surface area contributed by atoms with Gasteiger partial charge in [0, 0.05) is 34.6 Å². The highest BCUT2D eigenvalue weighted by Crippen LogP contribution is 2.27. The van der Waals surface area contributed by atoms with Crippen molar-refractivity contribution in [3.8, 4) is 17.1 Å². The number of aromatic nitrogens is 4. The number of carbonyl (C=O) groups is 1. The first-order chi connectivity index (χ1) is 17.0. The maximum absolute atomic E-state index is 12.6. The summed E-state index contributed by atoms with van der Waals surface area (Å²) >= 11 is 8.99. The van der Waals surface area contributed by atoms with Gasteiger partial charge in [-0.3, -0.25) is 9.36 Å². The highest BCUT2D eigenvalue weighted by Gasteiger charge is 2.16. The molecule has 2 heterocycles. The SMILES string of the molecule is C=CCn1c(SCC(=O)Nc2ncc(Cc3ccc(C)c(Cl)c3)s2)nnc1-c1ccc(OC)cc1. The number of halogens is 1. The number of hydrogen-bond acceptors (Lipinski definition) is 7. The Labute approximate surface area is 217 Å². The second kappa shape index (κ2) is 11.5. The normalized spacial score (nSPS) is 10.8. The molecule has 0 aliphatic carbocycles. The summed E-state index contributed by atoms with van der Waals surface area (Å²) in [5.74, 6) is 1.49. The van der Waals surface area contributed by atoms with Crippen molar-refractivity contribution in [3.63, 3.8) is 0 Å². The van der Waals surface area contributed by atoms with E-state index in [0.717, 1.165) is 32.3 Å². The second-order valence-corrected chi connectivity index (χ2v) is 10.1. The molecule has 1 amide bonds. The Hall–Kier alpha value is -3.14. The molecule has 4 aromatic rings. The molecule has 2 aromatic carbocycles. The lowest BCUT2D eigenvalue weighted by molar-refractivity contribution is -0.113. The number of rotatable bonds is 10. The number of benzene rings is 2. The molecule has 0 atom stereocenters. The molecule has 4 rings (SSSR count). The van der Waals surface area contributed by atoms with Crippen molar-refractivity contribution < 1.29 is 9.53 Å². The Morgan fingerprint density at radius 2 is 2.06 bits per heavy atom. The number of hydrogen-bond donors (Lipinski definition) is 1. The third-order valence-corrected chi connectivity index (χ3v) is 7.41. The summed E-state index contributed by atoms with van der Waals surface area (Å²) in [5.41, 5.74) is 3.05. The molecule has 7 nitrogen and oxygen atoms in total. The molecule has 0 bridgehead atoms. The fourth-order valence-electron chi connectivity index (χ4n) is 3.32. The molecule has 0 spiro atoms. The van der Waals surface area contributed by atoms with E-state index in [1.807, 2.05) is 47.9 Å². The fourth-order valence-corrected chi connectivity index (χ4v) is 5.14. The Bertz CT molecular complexity index is 1330. The summed E-state index contributed by atoms with van der Waals surface area (Å²) in [7, 11) is 1.63. The van der Waals surface area contributed by atoms with E-state index in [9.17, 15) is 4.79 Å². The largest absolute Gasteiger partial charge is 0.497 e. The van der Waals surface area contributed by atoms with E-state index in [1.165, 1.54) is 23.1 Å². The van der Waals surface area contributed by atoms with Crippen LogP contribution in [0.15, 0.2) is 66.5 Å². The predicted octanol–water partition coefficient (Wildman–Crippen LogP) is 5.88. The number of carbonyl (C=O) groups excluding carboxylic acids is 1. The molecule has 35 heavy (non-hydrogen) atoms. The third-order valence-electron chi connectivity index (χ3n) is 5.12. The van der Waals surface area contributed by atoms with E-state index in [2.05, 4.69) is 33.1 Å². The number of thioether (sulfide) groups is 1. The molecule has 0 radical (unpaired) electrons. The minimum atomic E-state index is -0.159. The van der Waals surface area contributed by atoms with Crippen molar-refractivity contribution >= 4 is 45.7 Å². The minimum absolute atomic E-state index is 0.159. The second-order valence-electron chi connectivity index (χ2n) is 7.66. The average molecular weight is 526 g/mol. The van der Waals surface area contributed by atoms with E-state index in [1.54, 1.807) is 19.4 Å². The van der Waals surface area contributed by atoms with Crippen LogP contribution < -0.4 is 10.1 Å². The van der Waals surface area contributed by atoms with Gasteiger partial charge in [0.15, 0.2) is 16.1 Å². The average Bonchev–Trinajstić information content (AvgIpc) is 3.47. The Morgan fingerprint density at radius 3 is 2.77 bits per heavy atom. The van der Waals surface area contributed by atoms with Crippen molar-refractivity contribution in [2.24, 2.45) is 0 Å². The van der Waals surface area contributed by atoms with Crippen molar-refractivity contribution in [2.75, 3.05) is 18.2 Å². The van der Waals surface area contributed by atoms with Crippen LogP contribution in [0, 0.1) is 6.92 Å². The van der Waals surface area contributed by atoms with Gasteiger partial charge in [-0.25, -0.2) is 4.98 Å². The molecule has 10 heteroatoms. The summed E-state index contributed by atoms with van der Waals surface area (Å²) in [6.45, 7) is 6.33. The number of ether oxygens (including phenoxy) is 1.